The molecule has 0 aromatic heterocycles. The number of Topliss-reactive ketones (excluding diaryl/α,β-unsaturated/α-hetero) is 1. The van der Waals surface area contributed by atoms with Gasteiger partial charge in [-0.2, -0.15) is 0 Å². The smallest absolute Gasteiger partial charge is 0.176 e. The Morgan fingerprint density at radius 3 is 2.67 bits per heavy atom. The van der Waals surface area contributed by atoms with Crippen molar-refractivity contribution in [3.05, 3.63) is 33.8 Å². The molecule has 0 aliphatic heterocycles. The lowest BCUT2D eigenvalue weighted by molar-refractivity contribution is 0.100. The van der Waals surface area contributed by atoms with Gasteiger partial charge in [0.25, 0.3) is 0 Å². The Kier molecular flexibility index (Phi) is 4.48. The van der Waals surface area contributed by atoms with Crippen molar-refractivity contribution in [3.63, 3.8) is 0 Å². The first-order valence-corrected chi connectivity index (χ1v) is 5.92. The molecule has 15 heavy (non-hydrogen) atoms. The molecule has 82 valence electrons. The van der Waals surface area contributed by atoms with Gasteiger partial charge in [-0.25, -0.2) is 0 Å². The fourth-order valence-corrected chi connectivity index (χ4v) is 2.21. The second kappa shape index (κ2) is 5.42. The number of carbonyl (C=O) groups excluding carboxylic acids is 1. The van der Waals surface area contributed by atoms with Gasteiger partial charge in [-0.05, 0) is 24.0 Å². The largest absolute Gasteiger partial charge is 0.324 e. The first kappa shape index (κ1) is 12.4. The fourth-order valence-electron chi connectivity index (χ4n) is 1.44. The van der Waals surface area contributed by atoms with Crippen LogP contribution in [0.2, 0.25) is 0 Å². The van der Waals surface area contributed by atoms with E-state index in [1.54, 1.807) is 0 Å². The van der Waals surface area contributed by atoms with Gasteiger partial charge in [-0.15, -0.1) is 0 Å². The summed E-state index contributed by atoms with van der Waals surface area (Å²) in [6.07, 6.45) is 1.09. The summed E-state index contributed by atoms with van der Waals surface area (Å²) < 4.78 is 0.996. The van der Waals surface area contributed by atoms with Crippen molar-refractivity contribution in [2.45, 2.75) is 26.2 Å². The van der Waals surface area contributed by atoms with E-state index in [1.165, 1.54) is 5.56 Å². The summed E-state index contributed by atoms with van der Waals surface area (Å²) in [5.41, 5.74) is 7.23. The summed E-state index contributed by atoms with van der Waals surface area (Å²) in [5, 5.41) is 0. The van der Waals surface area contributed by atoms with Gasteiger partial charge in [0.15, 0.2) is 5.78 Å². The summed E-state index contributed by atoms with van der Waals surface area (Å²) >= 11 is 3.49. The van der Waals surface area contributed by atoms with E-state index in [0.29, 0.717) is 11.5 Å². The zero-order chi connectivity index (χ0) is 11.4. The number of nitrogens with two attached hydrogens (primary N) is 1. The summed E-state index contributed by atoms with van der Waals surface area (Å²) in [7, 11) is 0. The molecule has 3 heteroatoms. The molecule has 2 N–H and O–H groups in total. The van der Waals surface area contributed by atoms with Crippen molar-refractivity contribution in [2.24, 2.45) is 5.73 Å². The zero-order valence-electron chi connectivity index (χ0n) is 9.09. The molecule has 1 atom stereocenters. The number of carbonyl (C=O) groups is 1. The highest BCUT2D eigenvalue weighted by Crippen LogP contribution is 2.27. The van der Waals surface area contributed by atoms with Crippen LogP contribution in [0.5, 0.6) is 0 Å². The average molecular weight is 270 g/mol. The maximum absolute atomic E-state index is 11.4. The maximum Gasteiger partial charge on any atom is 0.176 e. The molecule has 1 aromatic carbocycles. The summed E-state index contributed by atoms with van der Waals surface area (Å²) in [6, 6.07) is 5.71. The Bertz CT molecular complexity index is 363. The van der Waals surface area contributed by atoms with Crippen LogP contribution in [-0.2, 0) is 0 Å². The van der Waals surface area contributed by atoms with Crippen LogP contribution in [-0.4, -0.2) is 12.3 Å². The minimum Gasteiger partial charge on any atom is -0.324 e. The molecule has 0 heterocycles. The lowest BCUT2D eigenvalue weighted by Gasteiger charge is -2.12. The number of hydrogen-bond donors (Lipinski definition) is 1. The lowest BCUT2D eigenvalue weighted by Crippen LogP contribution is -2.13. The standard InChI is InChI=1S/C12H16BrNO/c1-3-8(2)10-5-4-9(6-11(10)13)12(15)7-14/h4-6,8H,3,7,14H2,1-2H3. The van der Waals surface area contributed by atoms with Crippen molar-refractivity contribution in [1.29, 1.82) is 0 Å². The highest BCUT2D eigenvalue weighted by Gasteiger charge is 2.10. The lowest BCUT2D eigenvalue weighted by atomic mass is 9.97. The highest BCUT2D eigenvalue weighted by atomic mass is 79.9. The Labute approximate surface area is 99.0 Å². The molecule has 0 bridgehead atoms. The first-order valence-electron chi connectivity index (χ1n) is 5.12. The number of rotatable bonds is 4. The normalized spacial score (nSPS) is 12.5. The van der Waals surface area contributed by atoms with E-state index in [4.69, 9.17) is 5.73 Å². The van der Waals surface area contributed by atoms with Gasteiger partial charge in [-0.3, -0.25) is 4.79 Å². The Hall–Kier alpha value is -0.670. The maximum atomic E-state index is 11.4. The third-order valence-electron chi connectivity index (χ3n) is 2.65. The Morgan fingerprint density at radius 2 is 2.20 bits per heavy atom. The molecular weight excluding hydrogens is 254 g/mol. The molecule has 0 aliphatic rings. The minimum atomic E-state index is -0.0219. The number of benzene rings is 1. The van der Waals surface area contributed by atoms with E-state index in [0.717, 1.165) is 10.9 Å². The van der Waals surface area contributed by atoms with E-state index in [-0.39, 0.29) is 12.3 Å². The van der Waals surface area contributed by atoms with Crippen LogP contribution in [0.4, 0.5) is 0 Å². The van der Waals surface area contributed by atoms with Gasteiger partial charge in [0.2, 0.25) is 0 Å². The molecule has 0 spiro atoms. The second-order valence-electron chi connectivity index (χ2n) is 3.67. The predicted octanol–water partition coefficient (Wildman–Crippen LogP) is 3.10. The quantitative estimate of drug-likeness (QED) is 0.854. The van der Waals surface area contributed by atoms with Crippen molar-refractivity contribution in [1.82, 2.24) is 0 Å². The van der Waals surface area contributed by atoms with Gasteiger partial charge < -0.3 is 5.73 Å². The monoisotopic (exact) mass is 269 g/mol. The zero-order valence-corrected chi connectivity index (χ0v) is 10.7. The number of halogens is 1. The van der Waals surface area contributed by atoms with E-state index >= 15 is 0 Å². The van der Waals surface area contributed by atoms with Crippen molar-refractivity contribution < 1.29 is 4.79 Å². The summed E-state index contributed by atoms with van der Waals surface area (Å²) in [5.74, 6) is 0.479. The molecule has 0 fully saturated rings. The molecule has 0 aliphatic carbocycles. The van der Waals surface area contributed by atoms with E-state index in [9.17, 15) is 4.79 Å². The summed E-state index contributed by atoms with van der Waals surface area (Å²) in [6.45, 7) is 4.38. The van der Waals surface area contributed by atoms with Gasteiger partial charge in [-0.1, -0.05) is 41.9 Å². The predicted molar refractivity (Wildman–Crippen MR) is 66.2 cm³/mol. The molecule has 1 aromatic rings. The van der Waals surface area contributed by atoms with Crippen LogP contribution in [0, 0.1) is 0 Å². The highest BCUT2D eigenvalue weighted by molar-refractivity contribution is 9.10. The molecule has 2 nitrogen and oxygen atoms in total. The van der Waals surface area contributed by atoms with Crippen LogP contribution >= 0.6 is 15.9 Å². The van der Waals surface area contributed by atoms with Crippen molar-refractivity contribution in [3.8, 4) is 0 Å². The SMILES string of the molecule is CCC(C)c1ccc(C(=O)CN)cc1Br. The van der Waals surface area contributed by atoms with Crippen LogP contribution in [0.25, 0.3) is 0 Å². The summed E-state index contributed by atoms with van der Waals surface area (Å²) in [4.78, 5) is 11.4. The Balaban J connectivity index is 3.03. The molecule has 0 saturated carbocycles. The van der Waals surface area contributed by atoms with E-state index in [2.05, 4.69) is 29.8 Å². The van der Waals surface area contributed by atoms with Crippen molar-refractivity contribution >= 4 is 21.7 Å². The molecule has 0 saturated heterocycles. The number of ketones is 1. The second-order valence-corrected chi connectivity index (χ2v) is 4.53. The molecule has 1 unspecified atom stereocenters. The van der Waals surface area contributed by atoms with Crippen LogP contribution in [0.3, 0.4) is 0 Å². The van der Waals surface area contributed by atoms with Gasteiger partial charge in [0.05, 0.1) is 6.54 Å². The topological polar surface area (TPSA) is 43.1 Å². The average Bonchev–Trinajstić information content (AvgIpc) is 2.26. The molecule has 0 radical (unpaired) electrons. The van der Waals surface area contributed by atoms with Gasteiger partial charge in [0.1, 0.15) is 0 Å². The minimum absolute atomic E-state index is 0.0219. The van der Waals surface area contributed by atoms with Crippen LogP contribution in [0.1, 0.15) is 42.1 Å². The third-order valence-corrected chi connectivity index (χ3v) is 3.34. The molecule has 1 rings (SSSR count). The first-order chi connectivity index (χ1) is 7.10. The van der Waals surface area contributed by atoms with Gasteiger partial charge >= 0.3 is 0 Å². The van der Waals surface area contributed by atoms with Gasteiger partial charge in [0, 0.05) is 10.0 Å². The van der Waals surface area contributed by atoms with Crippen molar-refractivity contribution in [2.75, 3.05) is 6.54 Å². The third kappa shape index (κ3) is 2.89. The molecular formula is C12H16BrNO. The van der Waals surface area contributed by atoms with E-state index in [1.807, 2.05) is 18.2 Å². The molecule has 0 amide bonds. The Morgan fingerprint density at radius 1 is 1.53 bits per heavy atom. The van der Waals surface area contributed by atoms with Crippen LogP contribution in [0.15, 0.2) is 22.7 Å². The van der Waals surface area contributed by atoms with E-state index < -0.39 is 0 Å². The fraction of sp³-hybridized carbons (Fsp3) is 0.417. The number of hydrogen-bond acceptors (Lipinski definition) is 2. The van der Waals surface area contributed by atoms with Crippen LogP contribution < -0.4 is 5.73 Å².